The van der Waals surface area contributed by atoms with E-state index in [0.717, 1.165) is 11.8 Å². The van der Waals surface area contributed by atoms with Gasteiger partial charge in [-0.25, -0.2) is 0 Å². The Morgan fingerprint density at radius 3 is 2.17 bits per heavy atom. The number of hydrogen-bond acceptors (Lipinski definition) is 6. The monoisotopic (exact) mass is 429 g/mol. The molecule has 7 heteroatoms. The highest BCUT2D eigenvalue weighted by Crippen LogP contribution is 2.26. The van der Waals surface area contributed by atoms with Crippen LogP contribution >= 0.6 is 11.8 Å². The average Bonchev–Trinajstić information content (AvgIpc) is 2.67. The van der Waals surface area contributed by atoms with E-state index in [2.05, 4.69) is 5.32 Å². The second kappa shape index (κ2) is 13.9. The third kappa shape index (κ3) is 10.4. The molecule has 3 N–H and O–H groups in total. The first-order valence-electron chi connectivity index (χ1n) is 10.4. The lowest BCUT2D eigenvalue weighted by Crippen LogP contribution is -2.32. The van der Waals surface area contributed by atoms with E-state index in [4.69, 9.17) is 0 Å². The van der Waals surface area contributed by atoms with Crippen molar-refractivity contribution in [3.8, 4) is 0 Å². The second-order valence-electron chi connectivity index (χ2n) is 8.09. The highest BCUT2D eigenvalue weighted by molar-refractivity contribution is 8.13. The molecule has 29 heavy (non-hydrogen) atoms. The average molecular weight is 430 g/mol. The number of carbonyl (C=O) groups excluding carboxylic acids is 3. The lowest BCUT2D eigenvalue weighted by Gasteiger charge is -2.26. The maximum Gasteiger partial charge on any atom is 0.216 e. The van der Waals surface area contributed by atoms with Crippen LogP contribution in [0.1, 0.15) is 61.3 Å². The smallest absolute Gasteiger partial charge is 0.216 e. The van der Waals surface area contributed by atoms with Gasteiger partial charge in [0.1, 0.15) is 0 Å². The molecular weight excluding hydrogens is 390 g/mol. The largest absolute Gasteiger partial charge is 0.393 e. The van der Waals surface area contributed by atoms with Crippen LogP contribution in [0.2, 0.25) is 0 Å². The van der Waals surface area contributed by atoms with Gasteiger partial charge >= 0.3 is 0 Å². The normalized spacial score (nSPS) is 18.3. The van der Waals surface area contributed by atoms with E-state index in [0.29, 0.717) is 30.7 Å². The summed E-state index contributed by atoms with van der Waals surface area (Å²) in [4.78, 5) is 35.8. The number of nitrogens with one attached hydrogen (secondary N) is 1. The van der Waals surface area contributed by atoms with E-state index in [1.165, 1.54) is 6.92 Å². The predicted octanol–water partition coefficient (Wildman–Crippen LogP) is 2.96. The van der Waals surface area contributed by atoms with Gasteiger partial charge in [-0.05, 0) is 31.3 Å². The molecule has 168 valence electrons. The first kappa shape index (κ1) is 27.8. The highest BCUT2D eigenvalue weighted by atomic mass is 32.2. The predicted molar refractivity (Wildman–Crippen MR) is 118 cm³/mol. The molecule has 6 nitrogen and oxygen atoms in total. The minimum Gasteiger partial charge on any atom is -0.393 e. The molecular formula is C22H39NO5S. The molecule has 0 aliphatic heterocycles. The van der Waals surface area contributed by atoms with E-state index in [1.807, 2.05) is 33.8 Å². The van der Waals surface area contributed by atoms with E-state index in [9.17, 15) is 24.6 Å². The molecule has 1 amide bonds. The van der Waals surface area contributed by atoms with Crippen molar-refractivity contribution in [2.75, 3.05) is 12.3 Å². The van der Waals surface area contributed by atoms with Crippen molar-refractivity contribution in [2.24, 2.45) is 23.7 Å². The SMILES string of the molecule is CC[C@@H](O)[C@H](C)/C=C(\C)C(=O)[C@H](C)C[C@H](C)[C@H](O)[C@@H](C)C(=O)SCCNC(C)=O. The lowest BCUT2D eigenvalue weighted by molar-refractivity contribution is -0.121. The topological polar surface area (TPSA) is 104 Å². The number of ketones is 1. The van der Waals surface area contributed by atoms with Crippen molar-refractivity contribution >= 4 is 28.6 Å². The van der Waals surface area contributed by atoms with Crippen LogP contribution in [0.4, 0.5) is 0 Å². The molecule has 0 aromatic carbocycles. The third-order valence-corrected chi connectivity index (χ3v) is 6.35. The van der Waals surface area contributed by atoms with Crippen molar-refractivity contribution in [2.45, 2.75) is 73.5 Å². The van der Waals surface area contributed by atoms with E-state index < -0.39 is 18.1 Å². The van der Waals surface area contributed by atoms with Crippen LogP contribution in [0.3, 0.4) is 0 Å². The van der Waals surface area contributed by atoms with Crippen LogP contribution in [0.5, 0.6) is 0 Å². The summed E-state index contributed by atoms with van der Waals surface area (Å²) in [6.07, 6.45) is 1.61. The number of allylic oxidation sites excluding steroid dienone is 1. The minimum atomic E-state index is -0.837. The van der Waals surface area contributed by atoms with Crippen LogP contribution < -0.4 is 5.32 Å². The van der Waals surface area contributed by atoms with E-state index in [-0.39, 0.29) is 34.6 Å². The first-order valence-corrected chi connectivity index (χ1v) is 11.4. The second-order valence-corrected chi connectivity index (χ2v) is 9.19. The molecule has 0 fully saturated rings. The Balaban J connectivity index is 4.68. The zero-order valence-electron chi connectivity index (χ0n) is 18.9. The van der Waals surface area contributed by atoms with Gasteiger partial charge in [-0.1, -0.05) is 52.5 Å². The van der Waals surface area contributed by atoms with Crippen molar-refractivity contribution < 1.29 is 24.6 Å². The minimum absolute atomic E-state index is 0.00265. The van der Waals surface area contributed by atoms with Crippen LogP contribution in [0.15, 0.2) is 11.6 Å². The Hall–Kier alpha value is -1.18. The van der Waals surface area contributed by atoms with E-state index in [1.54, 1.807) is 13.8 Å². The van der Waals surface area contributed by atoms with Gasteiger partial charge in [0.2, 0.25) is 5.91 Å². The van der Waals surface area contributed by atoms with Gasteiger partial charge < -0.3 is 15.5 Å². The standard InChI is InChI=1S/C22H39NO5S/c1-8-19(25)13(2)11-14(3)20(26)15(4)12-16(5)21(27)17(6)22(28)29-10-9-23-18(7)24/h11,13,15-17,19,21,25,27H,8-10,12H2,1-7H3,(H,23,24)/b14-11+/t13-,15-,16+,17-,19-,21+/m1/s1. The summed E-state index contributed by atoms with van der Waals surface area (Å²) in [5, 5.41) is 23.0. The van der Waals surface area contributed by atoms with Crippen LogP contribution in [0, 0.1) is 23.7 Å². The molecule has 0 radical (unpaired) electrons. The van der Waals surface area contributed by atoms with Gasteiger partial charge in [-0.15, -0.1) is 0 Å². The fourth-order valence-corrected chi connectivity index (χ4v) is 4.10. The number of hydrogen-bond donors (Lipinski definition) is 3. The highest BCUT2D eigenvalue weighted by Gasteiger charge is 2.29. The van der Waals surface area contributed by atoms with Crippen molar-refractivity contribution in [1.82, 2.24) is 5.32 Å². The number of rotatable bonds is 13. The van der Waals surface area contributed by atoms with Crippen molar-refractivity contribution in [3.63, 3.8) is 0 Å². The number of thioether (sulfide) groups is 1. The Morgan fingerprint density at radius 1 is 1.07 bits per heavy atom. The molecule has 0 spiro atoms. The maximum atomic E-state index is 12.6. The lowest BCUT2D eigenvalue weighted by atomic mass is 9.84. The molecule has 0 unspecified atom stereocenters. The van der Waals surface area contributed by atoms with Gasteiger partial charge in [0.25, 0.3) is 0 Å². The summed E-state index contributed by atoms with van der Waals surface area (Å²) in [5.74, 6) is -0.807. The number of carbonyl (C=O) groups is 3. The number of aliphatic hydroxyl groups is 2. The maximum absolute atomic E-state index is 12.6. The quantitative estimate of drug-likeness (QED) is 0.307. The number of aliphatic hydroxyl groups excluding tert-OH is 2. The summed E-state index contributed by atoms with van der Waals surface area (Å²) >= 11 is 1.10. The Labute approximate surface area is 179 Å². The van der Waals surface area contributed by atoms with Crippen molar-refractivity contribution in [1.29, 1.82) is 0 Å². The third-order valence-electron chi connectivity index (χ3n) is 5.29. The summed E-state index contributed by atoms with van der Waals surface area (Å²) in [5.41, 5.74) is 0.622. The van der Waals surface area contributed by atoms with Crippen LogP contribution in [0.25, 0.3) is 0 Å². The zero-order valence-corrected chi connectivity index (χ0v) is 19.7. The fraction of sp³-hybridized carbons (Fsp3) is 0.773. The van der Waals surface area contributed by atoms with Gasteiger partial charge in [0.05, 0.1) is 18.1 Å². The molecule has 0 saturated heterocycles. The number of amides is 1. The van der Waals surface area contributed by atoms with Crippen LogP contribution in [-0.4, -0.2) is 51.5 Å². The molecule has 0 rings (SSSR count). The Bertz CT molecular complexity index is 578. The Kier molecular flexibility index (Phi) is 13.4. The summed E-state index contributed by atoms with van der Waals surface area (Å²) in [7, 11) is 0. The molecule has 0 saturated carbocycles. The molecule has 6 atom stereocenters. The van der Waals surface area contributed by atoms with Gasteiger partial charge in [-0.2, -0.15) is 0 Å². The summed E-state index contributed by atoms with van der Waals surface area (Å²) in [6, 6.07) is 0. The molecule has 0 heterocycles. The molecule has 0 aromatic rings. The molecule has 0 aromatic heterocycles. The molecule has 0 aliphatic carbocycles. The Morgan fingerprint density at radius 2 is 1.66 bits per heavy atom. The summed E-state index contributed by atoms with van der Waals surface area (Å²) in [6.45, 7) is 12.8. The fourth-order valence-electron chi connectivity index (χ4n) is 3.29. The van der Waals surface area contributed by atoms with Crippen molar-refractivity contribution in [3.05, 3.63) is 11.6 Å². The molecule has 0 aliphatic rings. The number of Topliss-reactive ketones (excluding diaryl/α,β-unsaturated/α-hetero) is 1. The molecule has 0 bridgehead atoms. The van der Waals surface area contributed by atoms with E-state index >= 15 is 0 Å². The van der Waals surface area contributed by atoms with Gasteiger partial charge in [0, 0.05) is 31.1 Å². The van der Waals surface area contributed by atoms with Gasteiger partial charge in [-0.3, -0.25) is 14.4 Å². The van der Waals surface area contributed by atoms with Crippen LogP contribution in [-0.2, 0) is 14.4 Å². The summed E-state index contributed by atoms with van der Waals surface area (Å²) < 4.78 is 0. The first-order chi connectivity index (χ1) is 13.4. The van der Waals surface area contributed by atoms with Gasteiger partial charge in [0.15, 0.2) is 10.9 Å². The zero-order chi connectivity index (χ0) is 22.7.